The lowest BCUT2D eigenvalue weighted by atomic mass is 10.2. The number of carbonyl (C=O) groups excluding carboxylic acids is 2. The Morgan fingerprint density at radius 3 is 3.00 bits per heavy atom. The van der Waals surface area contributed by atoms with Crippen LogP contribution in [-0.2, 0) is 4.79 Å². The van der Waals surface area contributed by atoms with Gasteiger partial charge in [-0.3, -0.25) is 9.59 Å². The van der Waals surface area contributed by atoms with Crippen LogP contribution in [0.15, 0.2) is 23.1 Å². The van der Waals surface area contributed by atoms with E-state index in [1.165, 1.54) is 0 Å². The molecular formula is C11H8ClNO2S2. The quantitative estimate of drug-likeness (QED) is 0.734. The minimum Gasteiger partial charge on any atom is -0.318 e. The van der Waals surface area contributed by atoms with Gasteiger partial charge >= 0.3 is 0 Å². The molecule has 3 nitrogen and oxygen atoms in total. The third-order valence-electron chi connectivity index (χ3n) is 2.80. The van der Waals surface area contributed by atoms with Crippen LogP contribution in [0.2, 0.25) is 5.02 Å². The first-order chi connectivity index (χ1) is 8.16. The first-order valence-electron chi connectivity index (χ1n) is 5.07. The van der Waals surface area contributed by atoms with Gasteiger partial charge in [-0.15, -0.1) is 11.8 Å². The van der Waals surface area contributed by atoms with Crippen LogP contribution < -0.4 is 0 Å². The van der Waals surface area contributed by atoms with Gasteiger partial charge in [-0.2, -0.15) is 0 Å². The van der Waals surface area contributed by atoms with E-state index in [1.807, 2.05) is 0 Å². The molecule has 0 spiro atoms. The van der Waals surface area contributed by atoms with E-state index in [0.29, 0.717) is 27.1 Å². The summed E-state index contributed by atoms with van der Waals surface area (Å²) in [5, 5.41) is 0.569. The number of thioether (sulfide) groups is 2. The van der Waals surface area contributed by atoms with Crippen LogP contribution >= 0.6 is 35.1 Å². The molecule has 0 radical (unpaired) electrons. The lowest BCUT2D eigenvalue weighted by Gasteiger charge is -2.19. The molecule has 1 aromatic carbocycles. The summed E-state index contributed by atoms with van der Waals surface area (Å²) in [7, 11) is 0. The van der Waals surface area contributed by atoms with Crippen LogP contribution in [0.25, 0.3) is 0 Å². The molecule has 2 aliphatic rings. The summed E-state index contributed by atoms with van der Waals surface area (Å²) in [5.74, 6) is 1.19. The predicted molar refractivity (Wildman–Crippen MR) is 69.6 cm³/mol. The summed E-state index contributed by atoms with van der Waals surface area (Å²) >= 11 is 8.67. The van der Waals surface area contributed by atoms with Crippen molar-refractivity contribution in [3.8, 4) is 0 Å². The Labute approximate surface area is 112 Å². The maximum atomic E-state index is 12.3. The standard InChI is InChI=1S/C11H8ClNO2S2/c12-6-1-2-9-7(3-6)10(14)13-5-16-4-8(13)11(15)17-9/h1-3,8H,4-5H2/t8-/m0/s1. The molecule has 3 rings (SSSR count). The summed E-state index contributed by atoms with van der Waals surface area (Å²) < 4.78 is 0. The number of halogens is 1. The SMILES string of the molecule is O=C1Sc2ccc(Cl)cc2C(=O)N2CSC[C@@H]12. The Hall–Kier alpha value is -0.650. The summed E-state index contributed by atoms with van der Waals surface area (Å²) in [6, 6.07) is 4.81. The molecule has 0 saturated carbocycles. The number of nitrogens with zero attached hydrogens (tertiary/aromatic N) is 1. The zero-order valence-corrected chi connectivity index (χ0v) is 11.1. The van der Waals surface area contributed by atoms with Crippen molar-refractivity contribution in [3.05, 3.63) is 28.8 Å². The molecule has 2 aliphatic heterocycles. The zero-order chi connectivity index (χ0) is 12.0. The Morgan fingerprint density at radius 2 is 2.18 bits per heavy atom. The first kappa shape index (κ1) is 11.4. The van der Waals surface area contributed by atoms with Crippen LogP contribution in [-0.4, -0.2) is 33.6 Å². The van der Waals surface area contributed by atoms with Crippen molar-refractivity contribution in [2.24, 2.45) is 0 Å². The Bertz CT molecular complexity index is 520. The molecule has 1 saturated heterocycles. The van der Waals surface area contributed by atoms with Crippen molar-refractivity contribution in [3.63, 3.8) is 0 Å². The Kier molecular flexibility index (Phi) is 2.84. The van der Waals surface area contributed by atoms with Gasteiger partial charge in [0.15, 0.2) is 0 Å². The maximum absolute atomic E-state index is 12.3. The minimum atomic E-state index is -0.288. The van der Waals surface area contributed by atoms with Gasteiger partial charge in [-0.1, -0.05) is 11.6 Å². The molecular weight excluding hydrogens is 278 g/mol. The van der Waals surface area contributed by atoms with Gasteiger partial charge in [-0.05, 0) is 30.0 Å². The molecule has 1 amide bonds. The molecule has 0 unspecified atom stereocenters. The lowest BCUT2D eigenvalue weighted by molar-refractivity contribution is -0.113. The van der Waals surface area contributed by atoms with E-state index in [-0.39, 0.29) is 17.1 Å². The molecule has 17 heavy (non-hydrogen) atoms. The molecule has 1 atom stereocenters. The highest BCUT2D eigenvalue weighted by atomic mass is 35.5. The normalized spacial score (nSPS) is 23.4. The monoisotopic (exact) mass is 285 g/mol. The molecule has 0 N–H and O–H groups in total. The van der Waals surface area contributed by atoms with Gasteiger partial charge in [0.25, 0.3) is 5.91 Å². The van der Waals surface area contributed by atoms with Gasteiger partial charge in [0, 0.05) is 15.7 Å². The predicted octanol–water partition coefficient (Wildman–Crippen LogP) is 2.49. The third kappa shape index (κ3) is 1.86. The highest BCUT2D eigenvalue weighted by Gasteiger charge is 2.39. The van der Waals surface area contributed by atoms with Crippen molar-refractivity contribution in [2.75, 3.05) is 11.6 Å². The maximum Gasteiger partial charge on any atom is 0.256 e. The number of carbonyl (C=O) groups is 2. The van der Waals surface area contributed by atoms with Gasteiger partial charge in [0.2, 0.25) is 5.12 Å². The highest BCUT2D eigenvalue weighted by Crippen LogP contribution is 2.36. The molecule has 0 bridgehead atoms. The van der Waals surface area contributed by atoms with E-state index >= 15 is 0 Å². The average molecular weight is 286 g/mol. The molecule has 0 aromatic heterocycles. The van der Waals surface area contributed by atoms with E-state index in [1.54, 1.807) is 34.9 Å². The zero-order valence-electron chi connectivity index (χ0n) is 8.68. The summed E-state index contributed by atoms with van der Waals surface area (Å²) in [5.41, 5.74) is 0.542. The molecule has 0 aliphatic carbocycles. The fourth-order valence-electron chi connectivity index (χ4n) is 1.93. The first-order valence-corrected chi connectivity index (χ1v) is 7.41. The summed E-state index contributed by atoms with van der Waals surface area (Å²) in [4.78, 5) is 26.7. The van der Waals surface area contributed by atoms with Gasteiger partial charge < -0.3 is 4.90 Å². The smallest absolute Gasteiger partial charge is 0.256 e. The lowest BCUT2D eigenvalue weighted by Crippen LogP contribution is -2.39. The molecule has 1 aromatic rings. The second kappa shape index (κ2) is 4.23. The fraction of sp³-hybridized carbons (Fsp3) is 0.273. The van der Waals surface area contributed by atoms with Crippen LogP contribution in [0, 0.1) is 0 Å². The second-order valence-corrected chi connectivity index (χ2v) is 6.33. The number of hydrogen-bond donors (Lipinski definition) is 0. The van der Waals surface area contributed by atoms with Crippen LogP contribution in [0.4, 0.5) is 0 Å². The van der Waals surface area contributed by atoms with Crippen molar-refractivity contribution < 1.29 is 9.59 Å². The molecule has 1 fully saturated rings. The van der Waals surface area contributed by atoms with Gasteiger partial charge in [-0.25, -0.2) is 0 Å². The Morgan fingerprint density at radius 1 is 1.35 bits per heavy atom. The largest absolute Gasteiger partial charge is 0.318 e. The van der Waals surface area contributed by atoms with E-state index in [0.717, 1.165) is 11.8 Å². The molecule has 2 heterocycles. The van der Waals surface area contributed by atoms with Gasteiger partial charge in [0.05, 0.1) is 11.4 Å². The van der Waals surface area contributed by atoms with Crippen LogP contribution in [0.3, 0.4) is 0 Å². The number of amides is 1. The van der Waals surface area contributed by atoms with Crippen molar-refractivity contribution >= 4 is 46.1 Å². The average Bonchev–Trinajstić information content (AvgIpc) is 2.76. The van der Waals surface area contributed by atoms with Crippen molar-refractivity contribution in [2.45, 2.75) is 10.9 Å². The van der Waals surface area contributed by atoms with Crippen molar-refractivity contribution in [1.29, 1.82) is 0 Å². The van der Waals surface area contributed by atoms with E-state index in [2.05, 4.69) is 0 Å². The number of hydrogen-bond acceptors (Lipinski definition) is 4. The summed E-state index contributed by atoms with van der Waals surface area (Å²) in [6.07, 6.45) is 0. The van der Waals surface area contributed by atoms with Gasteiger partial charge in [0.1, 0.15) is 6.04 Å². The van der Waals surface area contributed by atoms with Crippen LogP contribution in [0.1, 0.15) is 10.4 Å². The van der Waals surface area contributed by atoms with Crippen molar-refractivity contribution in [1.82, 2.24) is 4.90 Å². The van der Waals surface area contributed by atoms with E-state index in [9.17, 15) is 9.59 Å². The molecule has 88 valence electrons. The van der Waals surface area contributed by atoms with Crippen LogP contribution in [0.5, 0.6) is 0 Å². The fourth-order valence-corrected chi connectivity index (χ4v) is 4.31. The Balaban J connectivity index is 2.12. The third-order valence-corrected chi connectivity index (χ3v) is 5.09. The summed E-state index contributed by atoms with van der Waals surface area (Å²) in [6.45, 7) is 0. The molecule has 6 heteroatoms. The van der Waals surface area contributed by atoms with E-state index < -0.39 is 0 Å². The van der Waals surface area contributed by atoms with E-state index in [4.69, 9.17) is 11.6 Å². The number of fused-ring (bicyclic) bond motifs is 2. The second-order valence-electron chi connectivity index (χ2n) is 3.85. The highest BCUT2D eigenvalue weighted by molar-refractivity contribution is 8.14. The topological polar surface area (TPSA) is 37.4 Å². The number of rotatable bonds is 0. The number of benzene rings is 1. The minimum absolute atomic E-state index is 0.0458.